The van der Waals surface area contributed by atoms with E-state index in [-0.39, 0.29) is 11.4 Å². The number of urea groups is 1. The second-order valence-electron chi connectivity index (χ2n) is 7.80. The molecule has 3 aromatic rings. The van der Waals surface area contributed by atoms with E-state index < -0.39 is 0 Å². The van der Waals surface area contributed by atoms with Crippen LogP contribution in [-0.4, -0.2) is 30.3 Å². The first-order chi connectivity index (χ1) is 15.6. The van der Waals surface area contributed by atoms with E-state index in [4.69, 9.17) is 9.47 Å². The molecule has 6 heteroatoms. The summed E-state index contributed by atoms with van der Waals surface area (Å²) in [5, 5.41) is 3.04. The molecule has 2 amide bonds. The fourth-order valence-corrected chi connectivity index (χ4v) is 5.08. The van der Waals surface area contributed by atoms with Crippen LogP contribution in [0, 0.1) is 13.8 Å². The number of carbonyl (C=O) groups excluding carboxylic acids is 1. The predicted molar refractivity (Wildman–Crippen MR) is 131 cm³/mol. The third kappa shape index (κ3) is 4.86. The van der Waals surface area contributed by atoms with Crippen LogP contribution >= 0.6 is 11.8 Å². The monoisotopic (exact) mass is 448 g/mol. The maximum absolute atomic E-state index is 13.1. The fraction of sp³-hybridized carbons (Fsp3) is 0.269. The van der Waals surface area contributed by atoms with Crippen molar-refractivity contribution in [2.45, 2.75) is 25.8 Å². The van der Waals surface area contributed by atoms with Gasteiger partial charge < -0.3 is 19.7 Å². The average Bonchev–Trinajstić information content (AvgIpc) is 3.31. The van der Waals surface area contributed by atoms with Crippen molar-refractivity contribution in [3.05, 3.63) is 89.0 Å². The molecule has 0 saturated carbocycles. The molecule has 1 aliphatic rings. The number of para-hydroxylation sites is 1. The Morgan fingerprint density at radius 1 is 1.03 bits per heavy atom. The number of aryl methyl sites for hydroxylation is 2. The van der Waals surface area contributed by atoms with Crippen molar-refractivity contribution in [3.63, 3.8) is 0 Å². The van der Waals surface area contributed by atoms with Crippen LogP contribution in [0.5, 0.6) is 11.5 Å². The summed E-state index contributed by atoms with van der Waals surface area (Å²) in [4.78, 5) is 15.0. The van der Waals surface area contributed by atoms with Crippen LogP contribution in [0.2, 0.25) is 0 Å². The highest BCUT2D eigenvalue weighted by molar-refractivity contribution is 7.99. The van der Waals surface area contributed by atoms with Crippen LogP contribution in [0.3, 0.4) is 0 Å². The zero-order valence-corrected chi connectivity index (χ0v) is 19.4. The number of hydrogen-bond donors (Lipinski definition) is 1. The second-order valence-corrected chi connectivity index (χ2v) is 8.99. The van der Waals surface area contributed by atoms with E-state index in [1.54, 1.807) is 18.9 Å². The number of rotatable bonds is 6. The molecule has 32 heavy (non-hydrogen) atoms. The molecule has 0 aliphatic carbocycles. The van der Waals surface area contributed by atoms with Gasteiger partial charge in [-0.1, -0.05) is 54.6 Å². The van der Waals surface area contributed by atoms with Crippen LogP contribution in [0.25, 0.3) is 0 Å². The number of carbonyl (C=O) groups is 1. The molecule has 3 aromatic carbocycles. The Labute approximate surface area is 193 Å². The van der Waals surface area contributed by atoms with Crippen LogP contribution in [0.1, 0.15) is 27.6 Å². The normalized spacial score (nSPS) is 15.5. The van der Waals surface area contributed by atoms with Crippen LogP contribution in [0.15, 0.2) is 66.7 Å². The molecule has 1 aliphatic heterocycles. The van der Waals surface area contributed by atoms with Crippen molar-refractivity contribution in [1.29, 1.82) is 0 Å². The standard InChI is InChI=1S/C26H28N2O3S/c1-18-8-7-9-19(2)24(18)27-26(29)28-14-15-32-25(28)21-12-13-22(23(16-21)30-3)31-17-20-10-5-4-6-11-20/h4-13,16,25H,14-15,17H2,1-3H3,(H,27,29). The maximum Gasteiger partial charge on any atom is 0.323 e. The number of anilines is 1. The van der Waals surface area contributed by atoms with Crippen molar-refractivity contribution < 1.29 is 14.3 Å². The number of nitrogens with one attached hydrogen (secondary N) is 1. The lowest BCUT2D eigenvalue weighted by Gasteiger charge is -2.26. The highest BCUT2D eigenvalue weighted by Crippen LogP contribution is 2.41. The number of methoxy groups -OCH3 is 1. The molecule has 5 nitrogen and oxygen atoms in total. The summed E-state index contributed by atoms with van der Waals surface area (Å²) in [6, 6.07) is 21.9. The van der Waals surface area contributed by atoms with E-state index in [0.29, 0.717) is 24.7 Å². The zero-order valence-electron chi connectivity index (χ0n) is 18.6. The Morgan fingerprint density at radius 2 is 1.78 bits per heavy atom. The van der Waals surface area contributed by atoms with Crippen molar-refractivity contribution in [2.75, 3.05) is 24.7 Å². The van der Waals surface area contributed by atoms with Gasteiger partial charge in [-0.3, -0.25) is 0 Å². The first-order valence-electron chi connectivity index (χ1n) is 10.7. The molecular weight excluding hydrogens is 420 g/mol. The first kappa shape index (κ1) is 22.1. The van der Waals surface area contributed by atoms with Gasteiger partial charge in [0, 0.05) is 18.0 Å². The molecule has 166 valence electrons. The number of benzene rings is 3. The lowest BCUT2D eigenvalue weighted by molar-refractivity contribution is 0.214. The smallest absolute Gasteiger partial charge is 0.323 e. The molecule has 1 heterocycles. The molecule has 0 radical (unpaired) electrons. The number of hydrogen-bond acceptors (Lipinski definition) is 4. The lowest BCUT2D eigenvalue weighted by atomic mass is 10.1. The van der Waals surface area contributed by atoms with Crippen LogP contribution < -0.4 is 14.8 Å². The van der Waals surface area contributed by atoms with Gasteiger partial charge in [-0.2, -0.15) is 0 Å². The number of thioether (sulfide) groups is 1. The predicted octanol–water partition coefficient (Wildman–Crippen LogP) is 6.17. The highest BCUT2D eigenvalue weighted by Gasteiger charge is 2.31. The van der Waals surface area contributed by atoms with Gasteiger partial charge in [-0.15, -0.1) is 11.8 Å². The Balaban J connectivity index is 1.50. The van der Waals surface area contributed by atoms with Crippen LogP contribution in [-0.2, 0) is 6.61 Å². The Kier molecular flexibility index (Phi) is 6.90. The Bertz CT molecular complexity index is 1070. The van der Waals surface area contributed by atoms with Gasteiger partial charge in [0.25, 0.3) is 0 Å². The average molecular weight is 449 g/mol. The van der Waals surface area contributed by atoms with Gasteiger partial charge in [-0.05, 0) is 48.2 Å². The van der Waals surface area contributed by atoms with E-state index in [0.717, 1.165) is 33.7 Å². The Hall–Kier alpha value is -3.12. The summed E-state index contributed by atoms with van der Waals surface area (Å²) in [5.41, 5.74) is 5.12. The number of amides is 2. The van der Waals surface area contributed by atoms with E-state index in [2.05, 4.69) is 5.32 Å². The molecule has 4 rings (SSSR count). The zero-order chi connectivity index (χ0) is 22.5. The van der Waals surface area contributed by atoms with E-state index in [1.807, 2.05) is 85.5 Å². The van der Waals surface area contributed by atoms with E-state index >= 15 is 0 Å². The molecule has 1 unspecified atom stereocenters. The minimum atomic E-state index is -0.0826. The minimum absolute atomic E-state index is 0.0728. The third-order valence-corrected chi connectivity index (χ3v) is 6.84. The summed E-state index contributed by atoms with van der Waals surface area (Å²) < 4.78 is 11.6. The lowest BCUT2D eigenvalue weighted by Crippen LogP contribution is -2.34. The number of nitrogens with zero attached hydrogens (tertiary/aromatic N) is 1. The van der Waals surface area contributed by atoms with Crippen molar-refractivity contribution in [1.82, 2.24) is 4.90 Å². The molecular formula is C26H28N2O3S. The first-order valence-corrected chi connectivity index (χ1v) is 11.7. The summed E-state index contributed by atoms with van der Waals surface area (Å²) in [7, 11) is 1.64. The van der Waals surface area contributed by atoms with Gasteiger partial charge in [-0.25, -0.2) is 4.79 Å². The molecule has 0 spiro atoms. The molecule has 0 bridgehead atoms. The summed E-state index contributed by atoms with van der Waals surface area (Å²) in [6.07, 6.45) is 0. The minimum Gasteiger partial charge on any atom is -0.493 e. The van der Waals surface area contributed by atoms with Gasteiger partial charge in [0.1, 0.15) is 12.0 Å². The summed E-state index contributed by atoms with van der Waals surface area (Å²) >= 11 is 1.75. The van der Waals surface area contributed by atoms with E-state index in [9.17, 15) is 4.79 Å². The topological polar surface area (TPSA) is 50.8 Å². The molecule has 1 saturated heterocycles. The maximum atomic E-state index is 13.1. The van der Waals surface area contributed by atoms with Crippen molar-refractivity contribution >= 4 is 23.5 Å². The number of ether oxygens (including phenoxy) is 2. The molecule has 1 N–H and O–H groups in total. The third-order valence-electron chi connectivity index (χ3n) is 5.57. The highest BCUT2D eigenvalue weighted by atomic mass is 32.2. The van der Waals surface area contributed by atoms with Gasteiger partial charge in [0.15, 0.2) is 11.5 Å². The van der Waals surface area contributed by atoms with Gasteiger partial charge >= 0.3 is 6.03 Å². The molecule has 0 aromatic heterocycles. The van der Waals surface area contributed by atoms with Crippen molar-refractivity contribution in [2.24, 2.45) is 0 Å². The molecule has 1 fully saturated rings. The molecule has 1 atom stereocenters. The van der Waals surface area contributed by atoms with Crippen LogP contribution in [0.4, 0.5) is 10.5 Å². The largest absolute Gasteiger partial charge is 0.493 e. The fourth-order valence-electron chi connectivity index (χ4n) is 3.84. The quantitative estimate of drug-likeness (QED) is 0.490. The second kappa shape index (κ2) is 10.0. The van der Waals surface area contributed by atoms with Gasteiger partial charge in [0.2, 0.25) is 0 Å². The summed E-state index contributed by atoms with van der Waals surface area (Å²) in [6.45, 7) is 5.19. The van der Waals surface area contributed by atoms with Gasteiger partial charge in [0.05, 0.1) is 7.11 Å². The van der Waals surface area contributed by atoms with Crippen molar-refractivity contribution in [3.8, 4) is 11.5 Å². The SMILES string of the molecule is COc1cc(C2SCCN2C(=O)Nc2c(C)cccc2C)ccc1OCc1ccccc1. The summed E-state index contributed by atoms with van der Waals surface area (Å²) in [5.74, 6) is 2.25. The Morgan fingerprint density at radius 3 is 2.50 bits per heavy atom. The van der Waals surface area contributed by atoms with E-state index in [1.165, 1.54) is 0 Å².